The number of hydrogen-bond donors (Lipinski definition) is 0. The van der Waals surface area contributed by atoms with Gasteiger partial charge in [-0.2, -0.15) is 0 Å². The Bertz CT molecular complexity index is 1740. The standard InChI is InChI=1S/C33H31N5O2/c1-5-22-7-6-8-29-27(22)19-31(39)38(29)25-11-9-23(10-12-25)21(2)17-24(20-34-3)26-13-14-35-32-28(26)18-30-33(40)36(4)15-16-37(30)32/h6-14,17-18,20H,3,5,15-16,19H2,1-2,4H3/b21-17+,24-20+. The monoisotopic (exact) mass is 529 g/mol. The van der Waals surface area contributed by atoms with Gasteiger partial charge in [-0.1, -0.05) is 31.2 Å². The minimum absolute atomic E-state index is 0.000543. The maximum absolute atomic E-state index is 13.0. The zero-order chi connectivity index (χ0) is 28.0. The van der Waals surface area contributed by atoms with Crippen LogP contribution in [0.25, 0.3) is 22.2 Å². The van der Waals surface area contributed by atoms with Crippen LogP contribution in [0, 0.1) is 0 Å². The van der Waals surface area contributed by atoms with Gasteiger partial charge in [-0.15, -0.1) is 0 Å². The number of carbonyl (C=O) groups is 2. The summed E-state index contributed by atoms with van der Waals surface area (Å²) in [5.74, 6) is 0.0965. The topological polar surface area (TPSA) is 70.8 Å². The molecule has 7 nitrogen and oxygen atoms in total. The first-order valence-electron chi connectivity index (χ1n) is 13.5. The van der Waals surface area contributed by atoms with E-state index in [1.807, 2.05) is 65.0 Å². The number of fused-ring (bicyclic) bond motifs is 4. The third kappa shape index (κ3) is 4.14. The largest absolute Gasteiger partial charge is 0.339 e. The average Bonchev–Trinajstić information content (AvgIpc) is 3.52. The molecule has 0 fully saturated rings. The summed E-state index contributed by atoms with van der Waals surface area (Å²) < 4.78 is 2.00. The summed E-state index contributed by atoms with van der Waals surface area (Å²) in [6, 6.07) is 18.1. The quantitative estimate of drug-likeness (QED) is 0.226. The fourth-order valence-corrected chi connectivity index (χ4v) is 5.84. The van der Waals surface area contributed by atoms with E-state index < -0.39 is 0 Å². The van der Waals surface area contributed by atoms with Gasteiger partial charge < -0.3 is 9.47 Å². The second-order valence-electron chi connectivity index (χ2n) is 10.3. The van der Waals surface area contributed by atoms with Crippen LogP contribution in [0.5, 0.6) is 0 Å². The highest BCUT2D eigenvalue weighted by molar-refractivity contribution is 6.08. The van der Waals surface area contributed by atoms with Gasteiger partial charge in [-0.25, -0.2) is 4.98 Å². The highest BCUT2D eigenvalue weighted by atomic mass is 16.2. The number of allylic oxidation sites excluding steroid dienone is 3. The fraction of sp³-hybridized carbons (Fsp3) is 0.212. The molecule has 4 heterocycles. The highest BCUT2D eigenvalue weighted by Gasteiger charge is 2.30. The maximum atomic E-state index is 13.0. The third-order valence-electron chi connectivity index (χ3n) is 7.96. The smallest absolute Gasteiger partial charge is 0.270 e. The molecule has 40 heavy (non-hydrogen) atoms. The lowest BCUT2D eigenvalue weighted by molar-refractivity contribution is -0.116. The van der Waals surface area contributed by atoms with Crippen molar-refractivity contribution in [1.29, 1.82) is 0 Å². The Kier molecular flexibility index (Phi) is 6.42. The summed E-state index contributed by atoms with van der Waals surface area (Å²) in [6.07, 6.45) is 6.94. The average molecular weight is 530 g/mol. The van der Waals surface area contributed by atoms with Gasteiger partial charge in [0.2, 0.25) is 5.91 Å². The van der Waals surface area contributed by atoms with E-state index in [9.17, 15) is 9.59 Å². The SMILES string of the molecule is C=N/C=C(\C=C(/C)c1ccc(N2C(=O)Cc3c(CC)cccc32)cc1)c1ccnc2c1cc1n2CCN(C)C1=O. The molecule has 2 aromatic carbocycles. The van der Waals surface area contributed by atoms with Gasteiger partial charge in [0, 0.05) is 49.2 Å². The van der Waals surface area contributed by atoms with E-state index in [0.29, 0.717) is 25.2 Å². The van der Waals surface area contributed by atoms with Crippen LogP contribution in [0.1, 0.15) is 46.6 Å². The number of pyridine rings is 1. The number of aliphatic imine (C=N–C) groups is 1. The molecule has 4 aromatic rings. The Hall–Kier alpha value is -4.78. The van der Waals surface area contributed by atoms with Crippen LogP contribution < -0.4 is 4.90 Å². The number of carbonyl (C=O) groups excluding carboxylic acids is 2. The van der Waals surface area contributed by atoms with Crippen LogP contribution in [-0.2, 0) is 24.2 Å². The summed E-state index contributed by atoms with van der Waals surface area (Å²) in [7, 11) is 1.82. The zero-order valence-electron chi connectivity index (χ0n) is 23.0. The molecule has 0 unspecified atom stereocenters. The number of aryl methyl sites for hydroxylation is 1. The number of amides is 2. The molecule has 7 heteroatoms. The molecule has 0 spiro atoms. The van der Waals surface area contributed by atoms with Crippen LogP contribution in [0.15, 0.2) is 78.1 Å². The number of likely N-dealkylation sites (N-methyl/N-ethyl adjacent to an activating group) is 1. The first-order valence-corrected chi connectivity index (χ1v) is 13.5. The Balaban J connectivity index is 1.34. The molecular formula is C33H31N5O2. The lowest BCUT2D eigenvalue weighted by Crippen LogP contribution is -2.36. The Morgan fingerprint density at radius 3 is 2.65 bits per heavy atom. The van der Waals surface area contributed by atoms with E-state index in [2.05, 4.69) is 42.7 Å². The Morgan fingerprint density at radius 2 is 1.90 bits per heavy atom. The first kappa shape index (κ1) is 25.5. The zero-order valence-corrected chi connectivity index (χ0v) is 23.0. The van der Waals surface area contributed by atoms with Crippen molar-refractivity contribution in [3.05, 3.63) is 101 Å². The normalized spacial score (nSPS) is 15.6. The van der Waals surface area contributed by atoms with E-state index in [1.165, 1.54) is 5.56 Å². The van der Waals surface area contributed by atoms with E-state index in [0.717, 1.165) is 56.7 Å². The van der Waals surface area contributed by atoms with Crippen LogP contribution in [0.4, 0.5) is 11.4 Å². The third-order valence-corrected chi connectivity index (χ3v) is 7.96. The number of rotatable bonds is 6. The van der Waals surface area contributed by atoms with E-state index in [4.69, 9.17) is 0 Å². The minimum Gasteiger partial charge on any atom is -0.339 e. The lowest BCUT2D eigenvalue weighted by Gasteiger charge is -2.24. The van der Waals surface area contributed by atoms with Crippen molar-refractivity contribution in [3.8, 4) is 0 Å². The summed E-state index contributed by atoms with van der Waals surface area (Å²) >= 11 is 0. The Labute approximate surface area is 233 Å². The van der Waals surface area contributed by atoms with Crippen molar-refractivity contribution in [3.63, 3.8) is 0 Å². The first-order chi connectivity index (χ1) is 19.4. The maximum Gasteiger partial charge on any atom is 0.270 e. The highest BCUT2D eigenvalue weighted by Crippen LogP contribution is 2.38. The molecule has 200 valence electrons. The second-order valence-corrected chi connectivity index (χ2v) is 10.3. The predicted octanol–water partition coefficient (Wildman–Crippen LogP) is 6.05. The number of aromatic nitrogens is 2. The summed E-state index contributed by atoms with van der Waals surface area (Å²) in [5, 5.41) is 0.910. The fourth-order valence-electron chi connectivity index (χ4n) is 5.84. The number of benzene rings is 2. The van der Waals surface area contributed by atoms with Crippen LogP contribution in [-0.4, -0.2) is 46.6 Å². The molecule has 0 radical (unpaired) electrons. The Morgan fingerprint density at radius 1 is 1.10 bits per heavy atom. The molecule has 6 rings (SSSR count). The van der Waals surface area contributed by atoms with Gasteiger partial charge in [0.25, 0.3) is 5.91 Å². The molecule has 2 amide bonds. The van der Waals surface area contributed by atoms with Gasteiger partial charge in [0.1, 0.15) is 11.3 Å². The van der Waals surface area contributed by atoms with Gasteiger partial charge in [0.05, 0.1) is 12.1 Å². The van der Waals surface area contributed by atoms with Crippen molar-refractivity contribution >= 4 is 52.1 Å². The van der Waals surface area contributed by atoms with Crippen molar-refractivity contribution in [2.24, 2.45) is 4.99 Å². The lowest BCUT2D eigenvalue weighted by atomic mass is 9.99. The minimum atomic E-state index is -0.000543. The number of anilines is 2. The summed E-state index contributed by atoms with van der Waals surface area (Å²) in [5.41, 5.74) is 9.53. The van der Waals surface area contributed by atoms with Crippen LogP contribution in [0.3, 0.4) is 0 Å². The van der Waals surface area contributed by atoms with Crippen LogP contribution >= 0.6 is 0 Å². The molecular weight excluding hydrogens is 498 g/mol. The van der Waals surface area contributed by atoms with Crippen LogP contribution in [0.2, 0.25) is 0 Å². The molecule has 2 aromatic heterocycles. The number of hydrogen-bond acceptors (Lipinski definition) is 4. The van der Waals surface area contributed by atoms with E-state index in [1.54, 1.807) is 17.3 Å². The van der Waals surface area contributed by atoms with Gasteiger partial charge in [0.15, 0.2) is 0 Å². The second kappa shape index (κ2) is 10.1. The predicted molar refractivity (Wildman–Crippen MR) is 161 cm³/mol. The molecule has 0 N–H and O–H groups in total. The van der Waals surface area contributed by atoms with Crippen molar-refractivity contribution in [2.75, 3.05) is 18.5 Å². The molecule has 0 saturated carbocycles. The van der Waals surface area contributed by atoms with Crippen molar-refractivity contribution in [2.45, 2.75) is 33.2 Å². The van der Waals surface area contributed by atoms with E-state index in [-0.39, 0.29) is 11.8 Å². The summed E-state index contributed by atoms with van der Waals surface area (Å²) in [6.45, 7) is 9.23. The van der Waals surface area contributed by atoms with Gasteiger partial charge in [-0.3, -0.25) is 19.5 Å². The molecule has 2 aliphatic heterocycles. The summed E-state index contributed by atoms with van der Waals surface area (Å²) in [4.78, 5) is 38.0. The number of nitrogens with zero attached hydrogens (tertiary/aromatic N) is 5. The molecule has 0 atom stereocenters. The molecule has 0 bridgehead atoms. The van der Waals surface area contributed by atoms with Crippen molar-refractivity contribution < 1.29 is 9.59 Å². The van der Waals surface area contributed by atoms with E-state index >= 15 is 0 Å². The molecule has 2 aliphatic rings. The molecule has 0 saturated heterocycles. The van der Waals surface area contributed by atoms with Gasteiger partial charge >= 0.3 is 0 Å². The molecule has 0 aliphatic carbocycles. The van der Waals surface area contributed by atoms with Crippen molar-refractivity contribution in [1.82, 2.24) is 14.5 Å². The van der Waals surface area contributed by atoms with Gasteiger partial charge in [-0.05, 0) is 84.3 Å².